The molecule has 1 unspecified atom stereocenters. The Hall–Kier alpha value is -1.75. The van der Waals surface area contributed by atoms with Gasteiger partial charge in [0.05, 0.1) is 5.54 Å². The van der Waals surface area contributed by atoms with E-state index >= 15 is 0 Å². The van der Waals surface area contributed by atoms with Crippen molar-refractivity contribution >= 4 is 0 Å². The van der Waals surface area contributed by atoms with E-state index in [2.05, 4.69) is 10.1 Å². The van der Waals surface area contributed by atoms with Gasteiger partial charge in [0, 0.05) is 5.92 Å². The van der Waals surface area contributed by atoms with Crippen LogP contribution < -0.4 is 5.73 Å². The summed E-state index contributed by atoms with van der Waals surface area (Å²) in [5, 5.41) is 4.01. The number of benzene rings is 1. The van der Waals surface area contributed by atoms with E-state index in [0.717, 1.165) is 24.8 Å². The highest BCUT2D eigenvalue weighted by atomic mass is 19.1. The molecule has 106 valence electrons. The van der Waals surface area contributed by atoms with Crippen molar-refractivity contribution in [2.75, 3.05) is 0 Å². The highest BCUT2D eigenvalue weighted by Gasteiger charge is 2.39. The molecule has 0 radical (unpaired) electrons. The van der Waals surface area contributed by atoms with Gasteiger partial charge in [-0.2, -0.15) is 4.98 Å². The SMILES string of the molecule is CC(Cc1cccc(F)c1)c1nc(C2(N)CCC2)no1. The summed E-state index contributed by atoms with van der Waals surface area (Å²) in [5.74, 6) is 0.990. The van der Waals surface area contributed by atoms with Crippen molar-refractivity contribution in [2.45, 2.75) is 44.1 Å². The van der Waals surface area contributed by atoms with Crippen LogP contribution in [0.15, 0.2) is 28.8 Å². The third-order valence-corrected chi connectivity index (χ3v) is 3.99. The summed E-state index contributed by atoms with van der Waals surface area (Å²) in [7, 11) is 0. The van der Waals surface area contributed by atoms with Gasteiger partial charge in [-0.15, -0.1) is 0 Å². The van der Waals surface area contributed by atoms with Gasteiger partial charge in [-0.25, -0.2) is 4.39 Å². The quantitative estimate of drug-likeness (QED) is 0.931. The third-order valence-electron chi connectivity index (χ3n) is 3.99. The number of halogens is 1. The van der Waals surface area contributed by atoms with E-state index in [1.165, 1.54) is 12.1 Å². The third kappa shape index (κ3) is 2.45. The van der Waals surface area contributed by atoms with E-state index < -0.39 is 5.54 Å². The minimum atomic E-state index is -0.402. The Morgan fingerprint density at radius 2 is 2.25 bits per heavy atom. The standard InChI is InChI=1S/C15H18FN3O/c1-10(8-11-4-2-5-12(16)9-11)13-18-14(19-20-13)15(17)6-3-7-15/h2,4-5,9-10H,3,6-8,17H2,1H3. The Morgan fingerprint density at radius 3 is 2.90 bits per heavy atom. The highest BCUT2D eigenvalue weighted by Crippen LogP contribution is 2.37. The molecule has 1 heterocycles. The van der Waals surface area contributed by atoms with Crippen LogP contribution in [0.3, 0.4) is 0 Å². The average molecular weight is 275 g/mol. The van der Waals surface area contributed by atoms with Crippen molar-refractivity contribution in [3.8, 4) is 0 Å². The van der Waals surface area contributed by atoms with E-state index in [1.807, 2.05) is 13.0 Å². The van der Waals surface area contributed by atoms with Gasteiger partial charge in [-0.1, -0.05) is 24.2 Å². The summed E-state index contributed by atoms with van der Waals surface area (Å²) in [6.07, 6.45) is 3.59. The van der Waals surface area contributed by atoms with Crippen LogP contribution >= 0.6 is 0 Å². The normalized spacial score (nSPS) is 18.6. The number of hydrogen-bond donors (Lipinski definition) is 1. The van der Waals surface area contributed by atoms with Gasteiger partial charge >= 0.3 is 0 Å². The summed E-state index contributed by atoms with van der Waals surface area (Å²) in [4.78, 5) is 4.43. The number of nitrogens with two attached hydrogens (primary N) is 1. The van der Waals surface area contributed by atoms with Crippen molar-refractivity contribution in [3.05, 3.63) is 47.4 Å². The Morgan fingerprint density at radius 1 is 1.45 bits per heavy atom. The van der Waals surface area contributed by atoms with E-state index in [-0.39, 0.29) is 11.7 Å². The van der Waals surface area contributed by atoms with E-state index in [1.54, 1.807) is 6.07 Å². The van der Waals surface area contributed by atoms with Gasteiger partial charge in [0.15, 0.2) is 5.82 Å². The lowest BCUT2D eigenvalue weighted by molar-refractivity contribution is 0.228. The van der Waals surface area contributed by atoms with Crippen LogP contribution in [0.25, 0.3) is 0 Å². The monoisotopic (exact) mass is 275 g/mol. The Balaban J connectivity index is 1.72. The fourth-order valence-electron chi connectivity index (χ4n) is 2.52. The molecule has 0 amide bonds. The molecule has 0 bridgehead atoms. The summed E-state index contributed by atoms with van der Waals surface area (Å²) < 4.78 is 18.5. The first-order chi connectivity index (χ1) is 9.57. The minimum absolute atomic E-state index is 0.0433. The van der Waals surface area contributed by atoms with Crippen LogP contribution in [0.4, 0.5) is 4.39 Å². The van der Waals surface area contributed by atoms with Crippen molar-refractivity contribution in [1.29, 1.82) is 0 Å². The molecule has 0 spiro atoms. The molecular weight excluding hydrogens is 257 g/mol. The van der Waals surface area contributed by atoms with Crippen LogP contribution in [-0.4, -0.2) is 10.1 Å². The van der Waals surface area contributed by atoms with Crippen molar-refractivity contribution in [2.24, 2.45) is 5.73 Å². The first kappa shape index (κ1) is 13.2. The number of hydrogen-bond acceptors (Lipinski definition) is 4. The molecular formula is C15H18FN3O. The molecule has 1 fully saturated rings. The lowest BCUT2D eigenvalue weighted by Crippen LogP contribution is -2.44. The summed E-state index contributed by atoms with van der Waals surface area (Å²) in [5.41, 5.74) is 6.69. The molecule has 1 aliphatic carbocycles. The predicted octanol–water partition coefficient (Wildman–Crippen LogP) is 2.89. The molecule has 1 aromatic heterocycles. The first-order valence-electron chi connectivity index (χ1n) is 6.94. The number of rotatable bonds is 4. The van der Waals surface area contributed by atoms with Gasteiger partial charge in [-0.3, -0.25) is 0 Å². The van der Waals surface area contributed by atoms with Gasteiger partial charge in [0.2, 0.25) is 5.89 Å². The molecule has 1 saturated carbocycles. The summed E-state index contributed by atoms with van der Waals surface area (Å²) in [6, 6.07) is 6.57. The maximum atomic E-state index is 13.2. The van der Waals surface area contributed by atoms with Gasteiger partial charge in [-0.05, 0) is 43.4 Å². The zero-order valence-corrected chi connectivity index (χ0v) is 11.5. The lowest BCUT2D eigenvalue weighted by Gasteiger charge is -2.34. The zero-order chi connectivity index (χ0) is 14.2. The molecule has 1 aliphatic rings. The minimum Gasteiger partial charge on any atom is -0.339 e. The van der Waals surface area contributed by atoms with Crippen LogP contribution in [0.2, 0.25) is 0 Å². The van der Waals surface area contributed by atoms with E-state index in [4.69, 9.17) is 10.3 Å². The summed E-state index contributed by atoms with van der Waals surface area (Å²) >= 11 is 0. The molecule has 1 aromatic carbocycles. The molecule has 0 saturated heterocycles. The van der Waals surface area contributed by atoms with Crippen molar-refractivity contribution in [3.63, 3.8) is 0 Å². The molecule has 1 atom stereocenters. The number of aromatic nitrogens is 2. The van der Waals surface area contributed by atoms with Crippen LogP contribution in [-0.2, 0) is 12.0 Å². The van der Waals surface area contributed by atoms with Gasteiger partial charge in [0.25, 0.3) is 0 Å². The average Bonchev–Trinajstić information content (AvgIpc) is 2.86. The molecule has 4 nitrogen and oxygen atoms in total. The Labute approximate surface area is 117 Å². The molecule has 5 heteroatoms. The topological polar surface area (TPSA) is 64.9 Å². The second kappa shape index (κ2) is 4.98. The fraction of sp³-hybridized carbons (Fsp3) is 0.467. The number of nitrogens with zero attached hydrogens (tertiary/aromatic N) is 2. The zero-order valence-electron chi connectivity index (χ0n) is 11.5. The molecule has 2 N–H and O–H groups in total. The molecule has 3 rings (SSSR count). The Bertz CT molecular complexity index is 607. The molecule has 0 aliphatic heterocycles. The maximum Gasteiger partial charge on any atom is 0.229 e. The van der Waals surface area contributed by atoms with E-state index in [9.17, 15) is 4.39 Å². The fourth-order valence-corrected chi connectivity index (χ4v) is 2.52. The van der Waals surface area contributed by atoms with Crippen LogP contribution in [0.1, 0.15) is 49.4 Å². The second-order valence-electron chi connectivity index (χ2n) is 5.70. The van der Waals surface area contributed by atoms with Crippen LogP contribution in [0.5, 0.6) is 0 Å². The highest BCUT2D eigenvalue weighted by molar-refractivity contribution is 5.18. The maximum absolute atomic E-state index is 13.2. The predicted molar refractivity (Wildman–Crippen MR) is 72.5 cm³/mol. The Kier molecular flexibility index (Phi) is 3.30. The molecule has 20 heavy (non-hydrogen) atoms. The van der Waals surface area contributed by atoms with Crippen molar-refractivity contribution < 1.29 is 8.91 Å². The van der Waals surface area contributed by atoms with Gasteiger partial charge < -0.3 is 10.3 Å². The van der Waals surface area contributed by atoms with E-state index in [0.29, 0.717) is 18.1 Å². The second-order valence-corrected chi connectivity index (χ2v) is 5.70. The van der Waals surface area contributed by atoms with Crippen LogP contribution in [0, 0.1) is 5.82 Å². The largest absolute Gasteiger partial charge is 0.339 e. The smallest absolute Gasteiger partial charge is 0.229 e. The molecule has 2 aromatic rings. The first-order valence-corrected chi connectivity index (χ1v) is 6.94. The lowest BCUT2D eigenvalue weighted by atomic mass is 9.77. The summed E-state index contributed by atoms with van der Waals surface area (Å²) in [6.45, 7) is 1.99. The van der Waals surface area contributed by atoms with Crippen molar-refractivity contribution in [1.82, 2.24) is 10.1 Å². The van der Waals surface area contributed by atoms with Gasteiger partial charge in [0.1, 0.15) is 5.82 Å².